The first-order valence-corrected chi connectivity index (χ1v) is 11.2. The van der Waals surface area contributed by atoms with Crippen LogP contribution in [0.15, 0.2) is 47.5 Å². The molecule has 3 rings (SSSR count). The van der Waals surface area contributed by atoms with Gasteiger partial charge in [-0.05, 0) is 49.1 Å². The largest absolute Gasteiger partial charge is 0.493 e. The number of guanidine groups is 1. The standard InChI is InChI=1S/C25H34N4O3/c1-4-19-6-5-7-22(13-19)29-24(30)15-28-25(26-3)27-14-21-9-8-18(2)12-23(21)32-17-20-10-11-31-16-20/h5-9,12-13,20H,4,10-11,14-17H2,1-3H3,(H,29,30)(H2,26,27,28). The Morgan fingerprint density at radius 2 is 2.09 bits per heavy atom. The molecule has 32 heavy (non-hydrogen) atoms. The van der Waals surface area contributed by atoms with Crippen LogP contribution >= 0.6 is 0 Å². The second-order valence-electron chi connectivity index (χ2n) is 8.03. The molecule has 2 aromatic rings. The van der Waals surface area contributed by atoms with Gasteiger partial charge in [0.15, 0.2) is 5.96 Å². The molecular weight excluding hydrogens is 404 g/mol. The summed E-state index contributed by atoms with van der Waals surface area (Å²) in [6, 6.07) is 14.1. The van der Waals surface area contributed by atoms with Gasteiger partial charge in [-0.15, -0.1) is 0 Å². The molecule has 1 aliphatic rings. The summed E-state index contributed by atoms with van der Waals surface area (Å²) in [4.78, 5) is 16.5. The van der Waals surface area contributed by atoms with Crippen molar-refractivity contribution in [2.24, 2.45) is 10.9 Å². The second kappa shape index (κ2) is 12.1. The van der Waals surface area contributed by atoms with Crippen LogP contribution in [0.4, 0.5) is 5.69 Å². The monoisotopic (exact) mass is 438 g/mol. The number of aliphatic imine (C=N–C) groups is 1. The quantitative estimate of drug-likeness (QED) is 0.413. The summed E-state index contributed by atoms with van der Waals surface area (Å²) in [6.45, 7) is 7.04. The van der Waals surface area contributed by atoms with E-state index in [-0.39, 0.29) is 12.5 Å². The molecule has 0 radical (unpaired) electrons. The summed E-state index contributed by atoms with van der Waals surface area (Å²) in [5.74, 6) is 1.74. The second-order valence-corrected chi connectivity index (χ2v) is 8.03. The first kappa shape index (κ1) is 23.6. The van der Waals surface area contributed by atoms with E-state index >= 15 is 0 Å². The highest BCUT2D eigenvalue weighted by Crippen LogP contribution is 2.22. The molecule has 1 saturated heterocycles. The van der Waals surface area contributed by atoms with Crippen molar-refractivity contribution in [2.75, 3.05) is 38.7 Å². The van der Waals surface area contributed by atoms with Crippen LogP contribution < -0.4 is 20.7 Å². The van der Waals surface area contributed by atoms with Crippen LogP contribution in [0.3, 0.4) is 0 Å². The van der Waals surface area contributed by atoms with Crippen LogP contribution in [0.25, 0.3) is 0 Å². The number of carbonyl (C=O) groups is 1. The number of aryl methyl sites for hydroxylation is 2. The van der Waals surface area contributed by atoms with Crippen LogP contribution in [0.5, 0.6) is 5.75 Å². The SMILES string of the molecule is CCc1cccc(NC(=O)CNC(=NC)NCc2ccc(C)cc2OCC2CCOC2)c1. The molecule has 0 spiro atoms. The maximum absolute atomic E-state index is 12.3. The van der Waals surface area contributed by atoms with Gasteiger partial charge < -0.3 is 25.4 Å². The van der Waals surface area contributed by atoms with E-state index in [1.165, 1.54) is 5.56 Å². The Morgan fingerprint density at radius 1 is 1.22 bits per heavy atom. The summed E-state index contributed by atoms with van der Waals surface area (Å²) in [6.07, 6.45) is 1.97. The fourth-order valence-corrected chi connectivity index (χ4v) is 3.50. The number of benzene rings is 2. The van der Waals surface area contributed by atoms with Crippen molar-refractivity contribution in [2.45, 2.75) is 33.2 Å². The molecule has 1 aliphatic heterocycles. The number of amides is 1. The zero-order valence-corrected chi connectivity index (χ0v) is 19.2. The third-order valence-corrected chi connectivity index (χ3v) is 5.43. The molecule has 1 heterocycles. The highest BCUT2D eigenvalue weighted by molar-refractivity contribution is 5.95. The van der Waals surface area contributed by atoms with Crippen LogP contribution in [0.1, 0.15) is 30.0 Å². The van der Waals surface area contributed by atoms with E-state index in [2.05, 4.69) is 53.0 Å². The van der Waals surface area contributed by atoms with Crippen LogP contribution in [-0.4, -0.2) is 45.3 Å². The topological polar surface area (TPSA) is 84.0 Å². The Kier molecular flexibility index (Phi) is 8.92. The summed E-state index contributed by atoms with van der Waals surface area (Å²) in [5.41, 5.74) is 4.18. The Hall–Kier alpha value is -3.06. The number of anilines is 1. The third-order valence-electron chi connectivity index (χ3n) is 5.43. The van der Waals surface area contributed by atoms with Gasteiger partial charge in [-0.1, -0.05) is 31.2 Å². The molecule has 1 unspecified atom stereocenters. The molecule has 172 valence electrons. The normalized spacial score (nSPS) is 16.0. The predicted octanol–water partition coefficient (Wildman–Crippen LogP) is 3.28. The fourth-order valence-electron chi connectivity index (χ4n) is 3.50. The van der Waals surface area contributed by atoms with E-state index in [0.717, 1.165) is 48.6 Å². The first-order chi connectivity index (χ1) is 15.6. The minimum absolute atomic E-state index is 0.120. The Balaban J connectivity index is 1.49. The van der Waals surface area contributed by atoms with Gasteiger partial charge in [-0.2, -0.15) is 0 Å². The van der Waals surface area contributed by atoms with Crippen molar-refractivity contribution in [3.05, 3.63) is 59.2 Å². The van der Waals surface area contributed by atoms with Crippen LogP contribution in [0.2, 0.25) is 0 Å². The lowest BCUT2D eigenvalue weighted by Gasteiger charge is -2.17. The average Bonchev–Trinajstić information content (AvgIpc) is 3.32. The fraction of sp³-hybridized carbons (Fsp3) is 0.440. The van der Waals surface area contributed by atoms with E-state index in [1.807, 2.05) is 24.3 Å². The molecule has 1 amide bonds. The van der Waals surface area contributed by atoms with Gasteiger partial charge in [0.25, 0.3) is 0 Å². The van der Waals surface area contributed by atoms with E-state index in [9.17, 15) is 4.79 Å². The molecule has 7 heteroatoms. The molecule has 7 nitrogen and oxygen atoms in total. The molecule has 2 aromatic carbocycles. The highest BCUT2D eigenvalue weighted by Gasteiger charge is 2.17. The van der Waals surface area contributed by atoms with Crippen molar-refractivity contribution >= 4 is 17.6 Å². The van der Waals surface area contributed by atoms with Crippen molar-refractivity contribution < 1.29 is 14.3 Å². The van der Waals surface area contributed by atoms with Crippen LogP contribution in [-0.2, 0) is 22.5 Å². The first-order valence-electron chi connectivity index (χ1n) is 11.2. The zero-order chi connectivity index (χ0) is 22.8. The molecular formula is C25H34N4O3. The van der Waals surface area contributed by atoms with Crippen molar-refractivity contribution in [3.63, 3.8) is 0 Å². The number of carbonyl (C=O) groups excluding carboxylic acids is 1. The lowest BCUT2D eigenvalue weighted by molar-refractivity contribution is -0.115. The summed E-state index contributed by atoms with van der Waals surface area (Å²) >= 11 is 0. The average molecular weight is 439 g/mol. The zero-order valence-electron chi connectivity index (χ0n) is 19.2. The lowest BCUT2D eigenvalue weighted by atomic mass is 10.1. The smallest absolute Gasteiger partial charge is 0.243 e. The molecule has 1 fully saturated rings. The number of hydrogen-bond donors (Lipinski definition) is 3. The van der Waals surface area contributed by atoms with Gasteiger partial charge in [0.2, 0.25) is 5.91 Å². The van der Waals surface area contributed by atoms with E-state index in [4.69, 9.17) is 9.47 Å². The van der Waals surface area contributed by atoms with Crippen molar-refractivity contribution in [1.82, 2.24) is 10.6 Å². The van der Waals surface area contributed by atoms with E-state index in [1.54, 1.807) is 7.05 Å². The Bertz CT molecular complexity index is 923. The third kappa shape index (κ3) is 7.27. The van der Waals surface area contributed by atoms with Gasteiger partial charge >= 0.3 is 0 Å². The lowest BCUT2D eigenvalue weighted by Crippen LogP contribution is -2.41. The number of rotatable bonds is 9. The molecule has 0 bridgehead atoms. The molecule has 0 saturated carbocycles. The summed E-state index contributed by atoms with van der Waals surface area (Å²) < 4.78 is 11.5. The number of nitrogens with one attached hydrogen (secondary N) is 3. The number of ether oxygens (including phenoxy) is 2. The molecule has 0 aliphatic carbocycles. The number of hydrogen-bond acceptors (Lipinski definition) is 4. The number of nitrogens with zero attached hydrogens (tertiary/aromatic N) is 1. The maximum Gasteiger partial charge on any atom is 0.243 e. The van der Waals surface area contributed by atoms with Gasteiger partial charge in [0.1, 0.15) is 5.75 Å². The Labute approximate surface area is 190 Å². The maximum atomic E-state index is 12.3. The summed E-state index contributed by atoms with van der Waals surface area (Å²) in [7, 11) is 1.69. The highest BCUT2D eigenvalue weighted by atomic mass is 16.5. The van der Waals surface area contributed by atoms with Crippen molar-refractivity contribution in [3.8, 4) is 5.75 Å². The molecule has 0 aromatic heterocycles. The minimum atomic E-state index is -0.126. The van der Waals surface area contributed by atoms with Gasteiger partial charge in [-0.3, -0.25) is 9.79 Å². The Morgan fingerprint density at radius 3 is 2.84 bits per heavy atom. The van der Waals surface area contributed by atoms with Crippen molar-refractivity contribution in [1.29, 1.82) is 0 Å². The van der Waals surface area contributed by atoms with Gasteiger partial charge in [-0.25, -0.2) is 0 Å². The van der Waals surface area contributed by atoms with E-state index in [0.29, 0.717) is 25.0 Å². The predicted molar refractivity (Wildman–Crippen MR) is 128 cm³/mol. The van der Waals surface area contributed by atoms with Crippen LogP contribution in [0, 0.1) is 12.8 Å². The molecule has 3 N–H and O–H groups in total. The molecule has 1 atom stereocenters. The van der Waals surface area contributed by atoms with Gasteiger partial charge in [0.05, 0.1) is 19.8 Å². The minimum Gasteiger partial charge on any atom is -0.493 e. The van der Waals surface area contributed by atoms with Gasteiger partial charge in [0, 0.05) is 37.4 Å². The van der Waals surface area contributed by atoms with E-state index < -0.39 is 0 Å². The summed E-state index contributed by atoms with van der Waals surface area (Å²) in [5, 5.41) is 9.24.